The van der Waals surface area contributed by atoms with E-state index >= 15 is 0 Å². The largest absolute Gasteiger partial charge is 0.497 e. The van der Waals surface area contributed by atoms with E-state index in [1.54, 1.807) is 7.11 Å². The van der Waals surface area contributed by atoms with E-state index < -0.39 is 5.72 Å². The van der Waals surface area contributed by atoms with Gasteiger partial charge in [0.1, 0.15) is 11.5 Å². The number of nitrogens with one attached hydrogen (secondary N) is 1. The van der Waals surface area contributed by atoms with E-state index in [2.05, 4.69) is 26.1 Å². The van der Waals surface area contributed by atoms with Gasteiger partial charge in [0, 0.05) is 6.54 Å². The minimum atomic E-state index is -0.393. The topological polar surface area (TPSA) is 30.5 Å². The van der Waals surface area contributed by atoms with Crippen LogP contribution in [-0.4, -0.2) is 19.3 Å². The SMILES string of the molecule is COc1ccc(C2(C)NCC(C)(C)O2)cc1. The first-order valence-electron chi connectivity index (χ1n) is 5.55. The second kappa shape index (κ2) is 3.75. The van der Waals surface area contributed by atoms with Crippen molar-refractivity contribution in [3.05, 3.63) is 29.8 Å². The van der Waals surface area contributed by atoms with Gasteiger partial charge >= 0.3 is 0 Å². The summed E-state index contributed by atoms with van der Waals surface area (Å²) in [7, 11) is 1.67. The predicted octanol–water partition coefficient (Wildman–Crippen LogP) is 2.27. The van der Waals surface area contributed by atoms with Crippen LogP contribution < -0.4 is 10.1 Å². The Morgan fingerprint density at radius 2 is 1.81 bits per heavy atom. The van der Waals surface area contributed by atoms with Gasteiger partial charge in [-0.2, -0.15) is 0 Å². The Hall–Kier alpha value is -1.06. The minimum absolute atomic E-state index is 0.116. The Balaban J connectivity index is 2.23. The highest BCUT2D eigenvalue weighted by Crippen LogP contribution is 2.34. The van der Waals surface area contributed by atoms with Crippen LogP contribution in [0.3, 0.4) is 0 Å². The van der Waals surface area contributed by atoms with Gasteiger partial charge in [-0.15, -0.1) is 0 Å². The summed E-state index contributed by atoms with van der Waals surface area (Å²) in [6.07, 6.45) is 0. The fourth-order valence-corrected chi connectivity index (χ4v) is 2.08. The third-order valence-corrected chi connectivity index (χ3v) is 2.97. The standard InChI is InChI=1S/C13H19NO2/c1-12(2)9-14-13(3,16-12)10-5-7-11(15-4)8-6-10/h5-8,14H,9H2,1-4H3. The van der Waals surface area contributed by atoms with Gasteiger partial charge in [0.25, 0.3) is 0 Å². The summed E-state index contributed by atoms with van der Waals surface area (Å²) < 4.78 is 11.2. The van der Waals surface area contributed by atoms with Crippen molar-refractivity contribution in [1.82, 2.24) is 5.32 Å². The molecule has 0 spiro atoms. The molecule has 2 rings (SSSR count). The highest BCUT2D eigenvalue weighted by molar-refractivity contribution is 5.31. The molecular weight excluding hydrogens is 202 g/mol. The molecule has 1 fully saturated rings. The first kappa shape index (κ1) is 11.4. The quantitative estimate of drug-likeness (QED) is 0.831. The maximum atomic E-state index is 6.04. The van der Waals surface area contributed by atoms with Gasteiger partial charge < -0.3 is 9.47 Å². The van der Waals surface area contributed by atoms with E-state index in [0.717, 1.165) is 17.9 Å². The van der Waals surface area contributed by atoms with Crippen molar-refractivity contribution in [2.75, 3.05) is 13.7 Å². The van der Waals surface area contributed by atoms with Crippen molar-refractivity contribution in [3.8, 4) is 5.75 Å². The van der Waals surface area contributed by atoms with Crippen molar-refractivity contribution >= 4 is 0 Å². The van der Waals surface area contributed by atoms with Crippen LogP contribution in [0.5, 0.6) is 5.75 Å². The molecule has 16 heavy (non-hydrogen) atoms. The van der Waals surface area contributed by atoms with Crippen LogP contribution in [0.4, 0.5) is 0 Å². The Bertz CT molecular complexity index is 372. The fourth-order valence-electron chi connectivity index (χ4n) is 2.08. The molecule has 1 heterocycles. The first-order valence-corrected chi connectivity index (χ1v) is 5.55. The Kier molecular flexibility index (Phi) is 2.68. The van der Waals surface area contributed by atoms with Gasteiger partial charge in [-0.05, 0) is 38.5 Å². The highest BCUT2D eigenvalue weighted by Gasteiger charge is 2.41. The van der Waals surface area contributed by atoms with Gasteiger partial charge in [-0.25, -0.2) is 0 Å². The van der Waals surface area contributed by atoms with E-state index in [0.29, 0.717) is 0 Å². The second-order valence-corrected chi connectivity index (χ2v) is 4.98. The summed E-state index contributed by atoms with van der Waals surface area (Å²) in [6.45, 7) is 7.10. The highest BCUT2D eigenvalue weighted by atomic mass is 16.5. The van der Waals surface area contributed by atoms with Gasteiger partial charge in [0.15, 0.2) is 0 Å². The molecular formula is C13H19NO2. The Morgan fingerprint density at radius 1 is 1.19 bits per heavy atom. The van der Waals surface area contributed by atoms with Crippen molar-refractivity contribution in [2.45, 2.75) is 32.1 Å². The van der Waals surface area contributed by atoms with E-state index in [1.807, 2.05) is 24.3 Å². The number of methoxy groups -OCH3 is 1. The maximum Gasteiger partial charge on any atom is 0.143 e. The molecule has 1 aromatic carbocycles. The molecule has 1 unspecified atom stereocenters. The molecule has 0 amide bonds. The summed E-state index contributed by atoms with van der Waals surface area (Å²) in [5.74, 6) is 0.865. The summed E-state index contributed by atoms with van der Waals surface area (Å²) >= 11 is 0. The number of rotatable bonds is 2. The molecule has 1 aliphatic rings. The lowest BCUT2D eigenvalue weighted by Gasteiger charge is -2.27. The smallest absolute Gasteiger partial charge is 0.143 e. The number of hydrogen-bond acceptors (Lipinski definition) is 3. The third kappa shape index (κ3) is 2.06. The van der Waals surface area contributed by atoms with Crippen LogP contribution in [0, 0.1) is 0 Å². The molecule has 0 aromatic heterocycles. The van der Waals surface area contributed by atoms with Gasteiger partial charge in [0.05, 0.1) is 12.7 Å². The average molecular weight is 221 g/mol. The summed E-state index contributed by atoms with van der Waals surface area (Å²) in [5.41, 5.74) is 0.614. The number of hydrogen-bond donors (Lipinski definition) is 1. The van der Waals surface area contributed by atoms with E-state index in [1.165, 1.54) is 0 Å². The molecule has 0 aliphatic carbocycles. The lowest BCUT2D eigenvalue weighted by atomic mass is 10.1. The molecule has 0 bridgehead atoms. The van der Waals surface area contributed by atoms with Gasteiger partial charge in [-0.1, -0.05) is 12.1 Å². The van der Waals surface area contributed by atoms with Crippen LogP contribution >= 0.6 is 0 Å². The van der Waals surface area contributed by atoms with Crippen molar-refractivity contribution < 1.29 is 9.47 Å². The molecule has 1 atom stereocenters. The fraction of sp³-hybridized carbons (Fsp3) is 0.538. The van der Waals surface area contributed by atoms with Gasteiger partial charge in [-0.3, -0.25) is 5.32 Å². The van der Waals surface area contributed by atoms with Gasteiger partial charge in [0.2, 0.25) is 0 Å². The van der Waals surface area contributed by atoms with E-state index in [-0.39, 0.29) is 5.60 Å². The van der Waals surface area contributed by atoms with Crippen LogP contribution in [0.1, 0.15) is 26.3 Å². The molecule has 1 saturated heterocycles. The van der Waals surface area contributed by atoms with Crippen molar-refractivity contribution in [1.29, 1.82) is 0 Å². The summed E-state index contributed by atoms with van der Waals surface area (Å²) in [5, 5.41) is 3.41. The van der Waals surface area contributed by atoms with E-state index in [9.17, 15) is 0 Å². The Labute approximate surface area is 96.8 Å². The summed E-state index contributed by atoms with van der Waals surface area (Å²) in [4.78, 5) is 0. The molecule has 88 valence electrons. The van der Waals surface area contributed by atoms with Crippen LogP contribution in [0.15, 0.2) is 24.3 Å². The molecule has 3 heteroatoms. The second-order valence-electron chi connectivity index (χ2n) is 4.98. The monoisotopic (exact) mass is 221 g/mol. The lowest BCUT2D eigenvalue weighted by Crippen LogP contribution is -2.34. The van der Waals surface area contributed by atoms with Crippen LogP contribution in [0.2, 0.25) is 0 Å². The van der Waals surface area contributed by atoms with E-state index in [4.69, 9.17) is 9.47 Å². The molecule has 0 radical (unpaired) electrons. The predicted molar refractivity (Wildman–Crippen MR) is 63.5 cm³/mol. The molecule has 1 aliphatic heterocycles. The third-order valence-electron chi connectivity index (χ3n) is 2.97. The first-order chi connectivity index (χ1) is 7.45. The van der Waals surface area contributed by atoms with Crippen LogP contribution in [0.25, 0.3) is 0 Å². The number of ether oxygens (including phenoxy) is 2. The molecule has 1 aromatic rings. The lowest BCUT2D eigenvalue weighted by molar-refractivity contribution is -0.0839. The Morgan fingerprint density at radius 3 is 2.25 bits per heavy atom. The zero-order valence-corrected chi connectivity index (χ0v) is 10.3. The normalized spacial score (nSPS) is 28.0. The van der Waals surface area contributed by atoms with Crippen LogP contribution in [-0.2, 0) is 10.5 Å². The van der Waals surface area contributed by atoms with Crippen molar-refractivity contribution in [2.24, 2.45) is 0 Å². The zero-order valence-electron chi connectivity index (χ0n) is 10.3. The average Bonchev–Trinajstić information content (AvgIpc) is 2.54. The zero-order chi connectivity index (χ0) is 11.8. The maximum absolute atomic E-state index is 6.04. The van der Waals surface area contributed by atoms with Crippen molar-refractivity contribution in [3.63, 3.8) is 0 Å². The summed E-state index contributed by atoms with van der Waals surface area (Å²) in [6, 6.07) is 7.98. The number of benzene rings is 1. The minimum Gasteiger partial charge on any atom is -0.497 e. The molecule has 0 saturated carbocycles. The molecule has 3 nitrogen and oxygen atoms in total. The molecule has 1 N–H and O–H groups in total.